The zero-order chi connectivity index (χ0) is 15.1. The number of hydrogen-bond donors (Lipinski definition) is 1. The van der Waals surface area contributed by atoms with Crippen molar-refractivity contribution in [1.82, 2.24) is 15.5 Å². The Morgan fingerprint density at radius 1 is 1.48 bits per heavy atom. The molecule has 21 heavy (non-hydrogen) atoms. The molecule has 1 aliphatic heterocycles. The Labute approximate surface area is 127 Å². The second-order valence-corrected chi connectivity index (χ2v) is 9.03. The summed E-state index contributed by atoms with van der Waals surface area (Å²) >= 11 is 1.17. The van der Waals surface area contributed by atoms with E-state index in [1.54, 1.807) is 6.92 Å². The maximum atomic E-state index is 11.9. The van der Waals surface area contributed by atoms with Gasteiger partial charge in [-0.25, -0.2) is 8.42 Å². The quantitative estimate of drug-likeness (QED) is 0.794. The molecule has 116 valence electrons. The molecule has 0 radical (unpaired) electrons. The van der Waals surface area contributed by atoms with Crippen LogP contribution in [0.5, 0.6) is 0 Å². The van der Waals surface area contributed by atoms with Gasteiger partial charge in [-0.2, -0.15) is 0 Å². The number of hydrogen-bond acceptors (Lipinski definition) is 7. The first-order valence-corrected chi connectivity index (χ1v) is 9.64. The van der Waals surface area contributed by atoms with Crippen LogP contribution in [0.15, 0.2) is 9.64 Å². The van der Waals surface area contributed by atoms with Gasteiger partial charge in [-0.05, 0) is 26.2 Å². The Morgan fingerprint density at radius 3 is 2.86 bits per heavy atom. The summed E-state index contributed by atoms with van der Waals surface area (Å²) in [6.07, 6.45) is 2.62. The summed E-state index contributed by atoms with van der Waals surface area (Å²) in [6.45, 7) is 1.76. The molecule has 3 rings (SSSR count). The summed E-state index contributed by atoms with van der Waals surface area (Å²) in [7, 11) is -3.03. The molecule has 1 aromatic rings. The Balaban J connectivity index is 1.49. The lowest BCUT2D eigenvalue weighted by atomic mass is 10.0. The van der Waals surface area contributed by atoms with E-state index in [1.807, 2.05) is 0 Å². The van der Waals surface area contributed by atoms with Crippen molar-refractivity contribution in [2.24, 2.45) is 0 Å². The van der Waals surface area contributed by atoms with E-state index in [-0.39, 0.29) is 23.2 Å². The largest absolute Gasteiger partial charge is 0.416 e. The van der Waals surface area contributed by atoms with Gasteiger partial charge in [0.25, 0.3) is 5.22 Å². The lowest BCUT2D eigenvalue weighted by Crippen LogP contribution is -2.47. The number of carbonyl (C=O) groups is 1. The molecule has 2 aliphatic rings. The number of rotatable bonds is 5. The number of nitrogens with zero attached hydrogens (tertiary/aromatic N) is 2. The molecule has 1 saturated carbocycles. The van der Waals surface area contributed by atoms with Crippen LogP contribution in [0.1, 0.15) is 38.0 Å². The molecule has 2 fully saturated rings. The fraction of sp³-hybridized carbons (Fsp3) is 0.750. The van der Waals surface area contributed by atoms with E-state index in [0.717, 1.165) is 12.8 Å². The molecule has 0 bridgehead atoms. The van der Waals surface area contributed by atoms with Gasteiger partial charge in [0.15, 0.2) is 9.84 Å². The molecule has 7 nitrogen and oxygen atoms in total. The monoisotopic (exact) mass is 331 g/mol. The van der Waals surface area contributed by atoms with Crippen LogP contribution in [-0.2, 0) is 14.6 Å². The number of carbonyl (C=O) groups excluding carboxylic acids is 1. The Hall–Kier alpha value is -1.09. The summed E-state index contributed by atoms with van der Waals surface area (Å²) in [6, 6.07) is 0. The number of thioether (sulfide) groups is 1. The summed E-state index contributed by atoms with van der Waals surface area (Å²) in [5, 5.41) is 11.0. The van der Waals surface area contributed by atoms with Crippen molar-refractivity contribution in [3.05, 3.63) is 5.89 Å². The molecular weight excluding hydrogens is 314 g/mol. The van der Waals surface area contributed by atoms with Crippen LogP contribution in [0.25, 0.3) is 0 Å². The van der Waals surface area contributed by atoms with Crippen LogP contribution < -0.4 is 5.32 Å². The third-order valence-electron chi connectivity index (χ3n) is 3.62. The van der Waals surface area contributed by atoms with Gasteiger partial charge in [0.2, 0.25) is 11.8 Å². The smallest absolute Gasteiger partial charge is 0.277 e. The maximum Gasteiger partial charge on any atom is 0.277 e. The first kappa shape index (κ1) is 14.8. The molecule has 1 atom stereocenters. The van der Waals surface area contributed by atoms with Crippen molar-refractivity contribution in [3.8, 4) is 0 Å². The molecule has 1 amide bonds. The minimum atomic E-state index is -3.03. The number of amides is 1. The van der Waals surface area contributed by atoms with Gasteiger partial charge in [0.05, 0.1) is 22.8 Å². The summed E-state index contributed by atoms with van der Waals surface area (Å²) in [5.74, 6) is 1.09. The van der Waals surface area contributed by atoms with Crippen molar-refractivity contribution in [2.75, 3.05) is 17.3 Å². The lowest BCUT2D eigenvalue weighted by molar-refractivity contribution is -0.120. The molecule has 0 unspecified atom stereocenters. The van der Waals surface area contributed by atoms with Gasteiger partial charge < -0.3 is 9.73 Å². The van der Waals surface area contributed by atoms with Gasteiger partial charge in [0.1, 0.15) is 0 Å². The minimum absolute atomic E-state index is 0.00277. The van der Waals surface area contributed by atoms with Crippen LogP contribution >= 0.6 is 11.8 Å². The molecule has 0 spiro atoms. The van der Waals surface area contributed by atoms with E-state index in [4.69, 9.17) is 4.42 Å². The zero-order valence-corrected chi connectivity index (χ0v) is 13.3. The second kappa shape index (κ2) is 5.28. The van der Waals surface area contributed by atoms with E-state index in [0.29, 0.717) is 23.5 Å². The van der Waals surface area contributed by atoms with Gasteiger partial charge in [0, 0.05) is 5.92 Å². The highest BCUT2D eigenvalue weighted by Gasteiger charge is 2.39. The van der Waals surface area contributed by atoms with E-state index in [2.05, 4.69) is 15.5 Å². The molecule has 2 heterocycles. The molecule has 1 aliphatic carbocycles. The van der Waals surface area contributed by atoms with Crippen LogP contribution in [0.4, 0.5) is 0 Å². The number of sulfone groups is 1. The Kier molecular flexibility index (Phi) is 3.73. The van der Waals surface area contributed by atoms with Gasteiger partial charge >= 0.3 is 0 Å². The molecule has 0 aromatic carbocycles. The summed E-state index contributed by atoms with van der Waals surface area (Å²) in [5.41, 5.74) is -0.662. The second-order valence-electron chi connectivity index (χ2n) is 5.92. The zero-order valence-electron chi connectivity index (χ0n) is 11.7. The third-order valence-corrected chi connectivity index (χ3v) is 6.34. The average molecular weight is 331 g/mol. The first-order chi connectivity index (χ1) is 9.85. The SMILES string of the molecule is C[C@@]1(NC(=O)CSc2nnc(C3CC3)o2)CCS(=O)(=O)C1. The van der Waals surface area contributed by atoms with Crippen LogP contribution in [0, 0.1) is 0 Å². The third kappa shape index (κ3) is 3.76. The molecule has 1 aromatic heterocycles. The van der Waals surface area contributed by atoms with E-state index in [9.17, 15) is 13.2 Å². The van der Waals surface area contributed by atoms with Crippen molar-refractivity contribution >= 4 is 27.5 Å². The van der Waals surface area contributed by atoms with Crippen LogP contribution in [0.3, 0.4) is 0 Å². The predicted molar refractivity (Wildman–Crippen MR) is 76.8 cm³/mol. The van der Waals surface area contributed by atoms with Crippen LogP contribution in [0.2, 0.25) is 0 Å². The Bertz CT molecular complexity index is 653. The van der Waals surface area contributed by atoms with Crippen molar-refractivity contribution < 1.29 is 17.6 Å². The van der Waals surface area contributed by atoms with Crippen LogP contribution in [-0.4, -0.2) is 47.3 Å². The highest BCUT2D eigenvalue weighted by molar-refractivity contribution is 7.99. The molecule has 1 N–H and O–H groups in total. The fourth-order valence-electron chi connectivity index (χ4n) is 2.38. The minimum Gasteiger partial charge on any atom is -0.416 e. The standard InChI is InChI=1S/C12H17N3O4S2/c1-12(4-5-21(17,18)7-12)13-9(16)6-20-11-15-14-10(19-11)8-2-3-8/h8H,2-7H2,1H3,(H,13,16)/t12-/m1/s1. The average Bonchev–Trinajstić information content (AvgIpc) is 3.06. The molecule has 1 saturated heterocycles. The topological polar surface area (TPSA) is 102 Å². The highest BCUT2D eigenvalue weighted by atomic mass is 32.2. The predicted octanol–water partition coefficient (Wildman–Crippen LogP) is 0.732. The van der Waals surface area contributed by atoms with E-state index in [1.165, 1.54) is 11.8 Å². The molecule has 9 heteroatoms. The number of nitrogens with one attached hydrogen (secondary N) is 1. The normalized spacial score (nSPS) is 27.7. The van der Waals surface area contributed by atoms with Gasteiger partial charge in [-0.1, -0.05) is 11.8 Å². The van der Waals surface area contributed by atoms with Crippen molar-refractivity contribution in [1.29, 1.82) is 0 Å². The van der Waals surface area contributed by atoms with Crippen molar-refractivity contribution in [3.63, 3.8) is 0 Å². The lowest BCUT2D eigenvalue weighted by Gasteiger charge is -2.23. The van der Waals surface area contributed by atoms with E-state index >= 15 is 0 Å². The highest BCUT2D eigenvalue weighted by Crippen LogP contribution is 2.39. The van der Waals surface area contributed by atoms with Crippen molar-refractivity contribution in [2.45, 2.75) is 42.9 Å². The summed E-state index contributed by atoms with van der Waals surface area (Å²) < 4.78 is 28.4. The Morgan fingerprint density at radius 2 is 2.24 bits per heavy atom. The molecular formula is C12H17N3O4S2. The maximum absolute atomic E-state index is 11.9. The fourth-order valence-corrected chi connectivity index (χ4v) is 5.05. The van der Waals surface area contributed by atoms with Gasteiger partial charge in [-0.3, -0.25) is 4.79 Å². The van der Waals surface area contributed by atoms with E-state index < -0.39 is 15.4 Å². The first-order valence-electron chi connectivity index (χ1n) is 6.83. The summed E-state index contributed by atoms with van der Waals surface area (Å²) in [4.78, 5) is 11.9. The van der Waals surface area contributed by atoms with Gasteiger partial charge in [-0.15, -0.1) is 10.2 Å². The number of aromatic nitrogens is 2.